The summed E-state index contributed by atoms with van der Waals surface area (Å²) in [6.45, 7) is 6.48. The Morgan fingerprint density at radius 1 is 1.29 bits per heavy atom. The lowest BCUT2D eigenvalue weighted by molar-refractivity contribution is 0.0523. The largest absolute Gasteiger partial charge is 0.444 e. The minimum atomic E-state index is -0.505. The van der Waals surface area contributed by atoms with Crippen LogP contribution in [0.5, 0.6) is 0 Å². The van der Waals surface area contributed by atoms with Crippen molar-refractivity contribution in [2.45, 2.75) is 39.5 Å². The topological polar surface area (TPSA) is 86.3 Å². The Hall–Kier alpha value is -2.90. The van der Waals surface area contributed by atoms with E-state index in [-0.39, 0.29) is 0 Å². The van der Waals surface area contributed by atoms with E-state index in [0.29, 0.717) is 13.1 Å². The highest BCUT2D eigenvalue weighted by atomic mass is 16.6. The quantitative estimate of drug-likeness (QED) is 0.791. The van der Waals surface area contributed by atoms with E-state index >= 15 is 0 Å². The fourth-order valence-electron chi connectivity index (χ4n) is 2.22. The summed E-state index contributed by atoms with van der Waals surface area (Å²) >= 11 is 0. The first-order valence-electron chi connectivity index (χ1n) is 7.65. The summed E-state index contributed by atoms with van der Waals surface area (Å²) in [7, 11) is 0. The number of nitrogens with one attached hydrogen (secondary N) is 1. The third-order valence-corrected chi connectivity index (χ3v) is 3.21. The molecule has 126 valence electrons. The van der Waals surface area contributed by atoms with Gasteiger partial charge in [-0.05, 0) is 38.5 Å². The molecular formula is C16H20N6O2. The summed E-state index contributed by atoms with van der Waals surface area (Å²) in [5, 5.41) is 11.1. The maximum absolute atomic E-state index is 11.7. The zero-order valence-electron chi connectivity index (χ0n) is 13.9. The first kappa shape index (κ1) is 16.0. The zero-order valence-corrected chi connectivity index (χ0v) is 13.9. The van der Waals surface area contributed by atoms with Crippen LogP contribution in [0.2, 0.25) is 0 Å². The number of nitrogens with zero attached hydrogens (tertiary/aromatic N) is 5. The van der Waals surface area contributed by atoms with Gasteiger partial charge >= 0.3 is 6.09 Å². The normalized spacial score (nSPS) is 11.6. The summed E-state index contributed by atoms with van der Waals surface area (Å²) in [5.74, 6) is 0. The van der Waals surface area contributed by atoms with Crippen LogP contribution in [0.25, 0.3) is 5.65 Å². The molecule has 0 aliphatic heterocycles. The Kier molecular flexibility index (Phi) is 4.20. The van der Waals surface area contributed by atoms with Gasteiger partial charge in [0, 0.05) is 24.5 Å². The number of alkyl carbamates (subject to hydrolysis) is 1. The van der Waals surface area contributed by atoms with Gasteiger partial charge in [0.05, 0.1) is 12.7 Å². The highest BCUT2D eigenvalue weighted by Crippen LogP contribution is 2.08. The standard InChI is InChI=1S/C16H20N6O2/c1-16(2,3)24-15(23)17-7-13-8-19-21(10-13)9-12-4-5-22-14(6-12)18-11-20-22/h4-6,8,10-11H,7,9H2,1-3H3,(H,17,23). The van der Waals surface area contributed by atoms with E-state index < -0.39 is 11.7 Å². The van der Waals surface area contributed by atoms with E-state index in [0.717, 1.165) is 16.8 Å². The molecular weight excluding hydrogens is 308 g/mol. The molecule has 1 N–H and O–H groups in total. The number of rotatable bonds is 4. The highest BCUT2D eigenvalue weighted by molar-refractivity contribution is 5.67. The third-order valence-electron chi connectivity index (χ3n) is 3.21. The molecule has 0 spiro atoms. The van der Waals surface area contributed by atoms with Gasteiger partial charge in [0.25, 0.3) is 0 Å². The molecule has 24 heavy (non-hydrogen) atoms. The van der Waals surface area contributed by atoms with Gasteiger partial charge in [0.2, 0.25) is 0 Å². The molecule has 0 radical (unpaired) electrons. The Labute approximate surface area is 139 Å². The van der Waals surface area contributed by atoms with Crippen molar-refractivity contribution < 1.29 is 9.53 Å². The number of fused-ring (bicyclic) bond motifs is 1. The van der Waals surface area contributed by atoms with Crippen molar-refractivity contribution in [1.82, 2.24) is 29.7 Å². The fraction of sp³-hybridized carbons (Fsp3) is 0.375. The second-order valence-electron chi connectivity index (χ2n) is 6.50. The predicted octanol–water partition coefficient (Wildman–Crippen LogP) is 2.00. The van der Waals surface area contributed by atoms with Gasteiger partial charge in [-0.3, -0.25) is 4.68 Å². The Morgan fingerprint density at radius 2 is 2.12 bits per heavy atom. The SMILES string of the molecule is CC(C)(C)OC(=O)NCc1cnn(Cc2ccn3ncnc3c2)c1. The first-order valence-corrected chi connectivity index (χ1v) is 7.65. The maximum Gasteiger partial charge on any atom is 0.407 e. The average Bonchev–Trinajstić information content (AvgIpc) is 3.12. The van der Waals surface area contributed by atoms with Crippen molar-refractivity contribution >= 4 is 11.7 Å². The second-order valence-corrected chi connectivity index (χ2v) is 6.50. The van der Waals surface area contributed by atoms with Crippen molar-refractivity contribution in [3.8, 4) is 0 Å². The molecule has 3 rings (SSSR count). The monoisotopic (exact) mass is 328 g/mol. The number of carbonyl (C=O) groups excluding carboxylic acids is 1. The summed E-state index contributed by atoms with van der Waals surface area (Å²) in [5.41, 5.74) is 2.27. The third kappa shape index (κ3) is 4.09. The van der Waals surface area contributed by atoms with Gasteiger partial charge in [-0.1, -0.05) is 0 Å². The highest BCUT2D eigenvalue weighted by Gasteiger charge is 2.15. The lowest BCUT2D eigenvalue weighted by Crippen LogP contribution is -2.32. The smallest absolute Gasteiger partial charge is 0.407 e. The van der Waals surface area contributed by atoms with Crippen molar-refractivity contribution in [3.05, 3.63) is 48.2 Å². The van der Waals surface area contributed by atoms with Crippen molar-refractivity contribution in [2.75, 3.05) is 0 Å². The molecule has 0 unspecified atom stereocenters. The maximum atomic E-state index is 11.7. The van der Waals surface area contributed by atoms with E-state index in [4.69, 9.17) is 4.74 Å². The Morgan fingerprint density at radius 3 is 2.92 bits per heavy atom. The minimum absolute atomic E-state index is 0.373. The van der Waals surface area contributed by atoms with Gasteiger partial charge in [-0.15, -0.1) is 0 Å². The van der Waals surface area contributed by atoms with Crippen LogP contribution < -0.4 is 5.32 Å². The number of amides is 1. The molecule has 3 aromatic rings. The van der Waals surface area contributed by atoms with Crippen LogP contribution in [0.4, 0.5) is 4.79 Å². The molecule has 3 heterocycles. The number of pyridine rings is 1. The van der Waals surface area contributed by atoms with E-state index in [1.54, 1.807) is 10.7 Å². The van der Waals surface area contributed by atoms with Crippen LogP contribution in [-0.4, -0.2) is 36.1 Å². The number of carbonyl (C=O) groups is 1. The average molecular weight is 328 g/mol. The van der Waals surface area contributed by atoms with Crippen LogP contribution in [0.1, 0.15) is 31.9 Å². The van der Waals surface area contributed by atoms with E-state index in [9.17, 15) is 4.79 Å². The van der Waals surface area contributed by atoms with Crippen molar-refractivity contribution in [3.63, 3.8) is 0 Å². The van der Waals surface area contributed by atoms with Gasteiger partial charge in [-0.2, -0.15) is 10.2 Å². The molecule has 0 aliphatic rings. The van der Waals surface area contributed by atoms with Crippen molar-refractivity contribution in [1.29, 1.82) is 0 Å². The summed E-state index contributed by atoms with van der Waals surface area (Å²) in [6.07, 6.45) is 6.57. The predicted molar refractivity (Wildman–Crippen MR) is 87.4 cm³/mol. The molecule has 0 bridgehead atoms. The van der Waals surface area contributed by atoms with Crippen LogP contribution in [0, 0.1) is 0 Å². The summed E-state index contributed by atoms with van der Waals surface area (Å²) in [6, 6.07) is 3.94. The van der Waals surface area contributed by atoms with Gasteiger partial charge in [0.15, 0.2) is 5.65 Å². The number of hydrogen-bond acceptors (Lipinski definition) is 5. The van der Waals surface area contributed by atoms with Crippen LogP contribution in [0.3, 0.4) is 0 Å². The number of aromatic nitrogens is 5. The zero-order chi connectivity index (χ0) is 17.2. The molecule has 0 aliphatic carbocycles. The van der Waals surface area contributed by atoms with Crippen LogP contribution in [0.15, 0.2) is 37.1 Å². The lowest BCUT2D eigenvalue weighted by Gasteiger charge is -2.19. The Balaban J connectivity index is 1.58. The molecule has 0 saturated carbocycles. The first-order chi connectivity index (χ1) is 11.4. The van der Waals surface area contributed by atoms with E-state index in [1.165, 1.54) is 6.33 Å². The molecule has 3 aromatic heterocycles. The van der Waals surface area contributed by atoms with Gasteiger partial charge in [0.1, 0.15) is 11.9 Å². The molecule has 0 fully saturated rings. The van der Waals surface area contributed by atoms with E-state index in [2.05, 4.69) is 20.5 Å². The summed E-state index contributed by atoms with van der Waals surface area (Å²) < 4.78 is 8.73. The second kappa shape index (κ2) is 6.31. The molecule has 1 amide bonds. The number of hydrogen-bond donors (Lipinski definition) is 1. The fourth-order valence-corrected chi connectivity index (χ4v) is 2.22. The van der Waals surface area contributed by atoms with Crippen LogP contribution >= 0.6 is 0 Å². The van der Waals surface area contributed by atoms with Crippen LogP contribution in [-0.2, 0) is 17.8 Å². The molecule has 0 atom stereocenters. The minimum Gasteiger partial charge on any atom is -0.444 e. The Bertz CT molecular complexity index is 845. The molecule has 8 heteroatoms. The molecule has 8 nitrogen and oxygen atoms in total. The van der Waals surface area contributed by atoms with Gasteiger partial charge in [-0.25, -0.2) is 14.3 Å². The summed E-state index contributed by atoms with van der Waals surface area (Å²) in [4.78, 5) is 15.8. The van der Waals surface area contributed by atoms with Gasteiger partial charge < -0.3 is 10.1 Å². The molecule has 0 saturated heterocycles. The number of ether oxygens (including phenoxy) is 1. The van der Waals surface area contributed by atoms with Crippen molar-refractivity contribution in [2.24, 2.45) is 0 Å². The van der Waals surface area contributed by atoms with E-state index in [1.807, 2.05) is 50.0 Å². The lowest BCUT2D eigenvalue weighted by atomic mass is 10.2. The molecule has 0 aromatic carbocycles.